The Morgan fingerprint density at radius 1 is 1.19 bits per heavy atom. The van der Waals surface area contributed by atoms with Crippen LogP contribution in [0.2, 0.25) is 5.15 Å². The fraction of sp³-hybridized carbons (Fsp3) is 0.320. The van der Waals surface area contributed by atoms with Gasteiger partial charge in [0.1, 0.15) is 5.15 Å². The molecule has 1 amide bonds. The van der Waals surface area contributed by atoms with Gasteiger partial charge < -0.3 is 10.2 Å². The first-order valence-electron chi connectivity index (χ1n) is 11.8. The third-order valence-electron chi connectivity index (χ3n) is 6.46. The molecule has 0 saturated carbocycles. The minimum atomic E-state index is -0.350. The van der Waals surface area contributed by atoms with Crippen molar-refractivity contribution in [3.63, 3.8) is 0 Å². The van der Waals surface area contributed by atoms with Crippen LogP contribution in [0, 0.1) is 6.92 Å². The lowest BCUT2D eigenvalue weighted by Gasteiger charge is -2.30. The van der Waals surface area contributed by atoms with Crippen molar-refractivity contribution in [2.45, 2.75) is 33.0 Å². The molecular formula is C25H27ClN8O2S. The molecule has 2 N–H and O–H groups in total. The van der Waals surface area contributed by atoms with Gasteiger partial charge in [-0.3, -0.25) is 23.6 Å². The normalized spacial score (nSPS) is 13.9. The van der Waals surface area contributed by atoms with Crippen molar-refractivity contribution in [1.82, 2.24) is 29.0 Å². The van der Waals surface area contributed by atoms with Gasteiger partial charge in [-0.25, -0.2) is 9.97 Å². The number of nitrogens with one attached hydrogen (secondary N) is 2. The molecule has 0 aliphatic carbocycles. The molecule has 5 rings (SSSR count). The summed E-state index contributed by atoms with van der Waals surface area (Å²) in [5.74, 6) is 0.257. The molecule has 3 aromatic heterocycles. The van der Waals surface area contributed by atoms with Crippen molar-refractivity contribution in [1.29, 1.82) is 0 Å². The zero-order valence-corrected chi connectivity index (χ0v) is 22.5. The maximum Gasteiger partial charge on any atom is 0.281 e. The van der Waals surface area contributed by atoms with E-state index in [1.807, 2.05) is 36.7 Å². The highest BCUT2D eigenvalue weighted by atomic mass is 35.5. The van der Waals surface area contributed by atoms with Crippen molar-refractivity contribution < 1.29 is 4.79 Å². The van der Waals surface area contributed by atoms with Gasteiger partial charge in [-0.15, -0.1) is 0 Å². The number of nitrogens with zero attached hydrogens (tertiary/aromatic N) is 6. The molecule has 1 unspecified atom stereocenters. The van der Waals surface area contributed by atoms with Crippen molar-refractivity contribution in [2.24, 2.45) is 7.05 Å². The number of benzene rings is 1. The quantitative estimate of drug-likeness (QED) is 0.282. The predicted molar refractivity (Wildman–Crippen MR) is 147 cm³/mol. The summed E-state index contributed by atoms with van der Waals surface area (Å²) in [5.41, 5.74) is 4.11. The zero-order valence-electron chi connectivity index (χ0n) is 20.9. The van der Waals surface area contributed by atoms with Crippen LogP contribution in [0.3, 0.4) is 0 Å². The van der Waals surface area contributed by atoms with Crippen LogP contribution in [0.1, 0.15) is 40.3 Å². The van der Waals surface area contributed by atoms with Gasteiger partial charge in [-0.05, 0) is 43.7 Å². The molecular weight excluding hydrogens is 512 g/mol. The molecule has 1 aliphatic rings. The van der Waals surface area contributed by atoms with Crippen LogP contribution in [0.4, 0.5) is 11.6 Å². The first kappa shape index (κ1) is 25.1. The molecule has 1 atom stereocenters. The lowest BCUT2D eigenvalue weighted by atomic mass is 10.0. The maximum absolute atomic E-state index is 13.5. The monoisotopic (exact) mass is 538 g/mol. The molecule has 4 aromatic rings. The number of carbonyl (C=O) groups excluding carboxylic acids is 1. The number of halogens is 1. The summed E-state index contributed by atoms with van der Waals surface area (Å²) >= 11 is 7.26. The largest absolute Gasteiger partial charge is 0.377 e. The summed E-state index contributed by atoms with van der Waals surface area (Å²) in [6.45, 7) is 5.96. The SMILES string of the molecule is CSNC(=O)c1nc(Cl)ccc1NC(C)c1cc(C)cc2c(=O)n(C)c(N3CCn4nccc4C3)nc12. The summed E-state index contributed by atoms with van der Waals surface area (Å²) in [7, 11) is 1.76. The molecule has 0 saturated heterocycles. The predicted octanol–water partition coefficient (Wildman–Crippen LogP) is 3.69. The number of anilines is 2. The molecule has 0 bridgehead atoms. The van der Waals surface area contributed by atoms with Crippen molar-refractivity contribution in [3.8, 4) is 0 Å². The highest BCUT2D eigenvalue weighted by Crippen LogP contribution is 2.29. The molecule has 192 valence electrons. The van der Waals surface area contributed by atoms with Crippen LogP contribution in [-0.4, -0.2) is 43.0 Å². The first-order valence-corrected chi connectivity index (χ1v) is 13.4. The van der Waals surface area contributed by atoms with Crippen LogP contribution in [0.25, 0.3) is 10.9 Å². The number of pyridine rings is 1. The smallest absolute Gasteiger partial charge is 0.281 e. The van der Waals surface area contributed by atoms with Gasteiger partial charge >= 0.3 is 0 Å². The highest BCUT2D eigenvalue weighted by Gasteiger charge is 2.24. The van der Waals surface area contributed by atoms with Crippen molar-refractivity contribution in [3.05, 3.63) is 74.6 Å². The van der Waals surface area contributed by atoms with E-state index in [9.17, 15) is 9.59 Å². The average molecular weight is 539 g/mol. The Bertz CT molecular complexity index is 1570. The van der Waals surface area contributed by atoms with Gasteiger partial charge in [0.15, 0.2) is 5.69 Å². The minimum absolute atomic E-state index is 0.107. The second kappa shape index (κ2) is 10.1. The van der Waals surface area contributed by atoms with E-state index < -0.39 is 0 Å². The Morgan fingerprint density at radius 2 is 2.00 bits per heavy atom. The van der Waals surface area contributed by atoms with Crippen molar-refractivity contribution >= 4 is 52.0 Å². The molecule has 10 nitrogen and oxygen atoms in total. The first-order chi connectivity index (χ1) is 17.8. The summed E-state index contributed by atoms with van der Waals surface area (Å²) in [5, 5.41) is 8.51. The number of amides is 1. The highest BCUT2D eigenvalue weighted by molar-refractivity contribution is 7.97. The Kier molecular flexibility index (Phi) is 6.82. The topological polar surface area (TPSA) is 110 Å². The van der Waals surface area contributed by atoms with Gasteiger partial charge in [0.25, 0.3) is 11.5 Å². The fourth-order valence-electron chi connectivity index (χ4n) is 4.69. The number of fused-ring (bicyclic) bond motifs is 2. The number of carbonyl (C=O) groups is 1. The van der Waals surface area contributed by atoms with E-state index in [1.165, 1.54) is 11.9 Å². The summed E-state index contributed by atoms with van der Waals surface area (Å²) in [6.07, 6.45) is 3.55. The molecule has 1 aliphatic heterocycles. The van der Waals surface area contributed by atoms with E-state index in [4.69, 9.17) is 16.6 Å². The molecule has 12 heteroatoms. The number of aromatic nitrogens is 5. The Hall–Kier alpha value is -3.57. The lowest BCUT2D eigenvalue weighted by Crippen LogP contribution is -2.38. The van der Waals surface area contributed by atoms with E-state index in [1.54, 1.807) is 36.2 Å². The van der Waals surface area contributed by atoms with Crippen LogP contribution >= 0.6 is 23.5 Å². The lowest BCUT2D eigenvalue weighted by molar-refractivity contribution is 0.0980. The minimum Gasteiger partial charge on any atom is -0.377 e. The van der Waals surface area contributed by atoms with Gasteiger partial charge in [0, 0.05) is 31.6 Å². The number of hydrogen-bond donors (Lipinski definition) is 2. The summed E-state index contributed by atoms with van der Waals surface area (Å²) in [6, 6.07) is 8.95. The zero-order chi connectivity index (χ0) is 26.3. The molecule has 37 heavy (non-hydrogen) atoms. The Labute approximate surface area is 223 Å². The summed E-state index contributed by atoms with van der Waals surface area (Å²) < 4.78 is 6.28. The Balaban J connectivity index is 1.57. The van der Waals surface area contributed by atoms with E-state index >= 15 is 0 Å². The second-order valence-corrected chi connectivity index (χ2v) is 10.0. The van der Waals surface area contributed by atoms with Gasteiger partial charge in [0.05, 0.1) is 41.4 Å². The number of aryl methyl sites for hydroxylation is 1. The van der Waals surface area contributed by atoms with E-state index in [0.29, 0.717) is 35.6 Å². The van der Waals surface area contributed by atoms with E-state index in [0.717, 1.165) is 23.4 Å². The van der Waals surface area contributed by atoms with Crippen LogP contribution < -0.4 is 20.5 Å². The van der Waals surface area contributed by atoms with Gasteiger partial charge in [-0.2, -0.15) is 5.10 Å². The van der Waals surface area contributed by atoms with Gasteiger partial charge in [-0.1, -0.05) is 29.6 Å². The number of rotatable bonds is 6. The second-order valence-electron chi connectivity index (χ2n) is 9.03. The number of hydrogen-bond acceptors (Lipinski definition) is 8. The maximum atomic E-state index is 13.5. The van der Waals surface area contributed by atoms with Crippen LogP contribution in [0.5, 0.6) is 0 Å². The molecule has 0 radical (unpaired) electrons. The molecule has 1 aromatic carbocycles. The van der Waals surface area contributed by atoms with Gasteiger partial charge in [0.2, 0.25) is 5.95 Å². The van der Waals surface area contributed by atoms with Crippen molar-refractivity contribution in [2.75, 3.05) is 23.0 Å². The molecule has 0 spiro atoms. The van der Waals surface area contributed by atoms with Crippen LogP contribution in [0.15, 0.2) is 41.3 Å². The molecule has 4 heterocycles. The third kappa shape index (κ3) is 4.76. The summed E-state index contributed by atoms with van der Waals surface area (Å²) in [4.78, 5) is 37.5. The Morgan fingerprint density at radius 3 is 2.78 bits per heavy atom. The molecule has 0 fully saturated rings. The van der Waals surface area contributed by atoms with E-state index in [2.05, 4.69) is 25.0 Å². The van der Waals surface area contributed by atoms with Crippen LogP contribution in [-0.2, 0) is 20.1 Å². The fourth-order valence-corrected chi connectivity index (χ4v) is 5.12. The third-order valence-corrected chi connectivity index (χ3v) is 7.06. The average Bonchev–Trinajstić information content (AvgIpc) is 3.35. The standard InChI is InChI=1S/C25H27ClN8O2S/c1-14-11-17(15(2)28-19-5-6-20(26)29-22(19)23(35)31-37-4)21-18(12-14)24(36)32(3)25(30-21)33-9-10-34-16(13-33)7-8-27-34/h5-8,11-12,15,28H,9-10,13H2,1-4H3,(H,31,35). The van der Waals surface area contributed by atoms with E-state index in [-0.39, 0.29) is 28.4 Å².